The van der Waals surface area contributed by atoms with Crippen molar-refractivity contribution in [1.29, 1.82) is 5.26 Å². The molecule has 4 aliphatic rings. The molecule has 0 bridgehead atoms. The van der Waals surface area contributed by atoms with Crippen LogP contribution in [0, 0.1) is 23.0 Å². The van der Waals surface area contributed by atoms with E-state index >= 15 is 17.6 Å². The van der Waals surface area contributed by atoms with Gasteiger partial charge in [-0.15, -0.1) is 11.3 Å². The highest BCUT2D eigenvalue weighted by Gasteiger charge is 2.52. The normalized spacial score (nSPS) is 24.6. The van der Waals surface area contributed by atoms with Crippen molar-refractivity contribution < 1.29 is 35.9 Å². The highest BCUT2D eigenvalue weighted by atomic mass is 32.1. The number of nitriles is 1. The lowest BCUT2D eigenvalue weighted by atomic mass is 9.91. The highest BCUT2D eigenvalue weighted by molar-refractivity contribution is 7.23. The van der Waals surface area contributed by atoms with Crippen LogP contribution in [0.3, 0.4) is 0 Å². The third-order valence-electron chi connectivity index (χ3n) is 10.8. The molecule has 6 heterocycles. The van der Waals surface area contributed by atoms with Gasteiger partial charge in [0.25, 0.3) is 0 Å². The zero-order valence-corrected chi connectivity index (χ0v) is 28.3. The molecule has 0 radical (unpaired) electrons. The van der Waals surface area contributed by atoms with Gasteiger partial charge in [0.05, 0.1) is 33.4 Å². The number of carbonyl (C=O) groups is 1. The first kappa shape index (κ1) is 33.6. The molecule has 2 amide bonds. The van der Waals surface area contributed by atoms with Gasteiger partial charge in [0.2, 0.25) is 0 Å². The average molecular weight is 731 g/mol. The minimum atomic E-state index is -5.11. The molecule has 4 atom stereocenters. The second kappa shape index (κ2) is 11.7. The maximum atomic E-state index is 17.1. The second-order valence-electron chi connectivity index (χ2n) is 13.9. The van der Waals surface area contributed by atoms with Crippen LogP contribution in [-0.2, 0) is 6.18 Å². The number of nitrogens with two attached hydrogens (primary N) is 1. The molecule has 4 aromatic rings. The molecule has 4 aliphatic heterocycles. The Bertz CT molecular complexity index is 2150. The van der Waals surface area contributed by atoms with E-state index in [9.17, 15) is 18.8 Å². The van der Waals surface area contributed by atoms with Gasteiger partial charge in [-0.25, -0.2) is 18.0 Å². The lowest BCUT2D eigenvalue weighted by molar-refractivity contribution is -0.137. The van der Waals surface area contributed by atoms with Gasteiger partial charge < -0.3 is 25.2 Å². The fourth-order valence-corrected chi connectivity index (χ4v) is 9.42. The van der Waals surface area contributed by atoms with E-state index in [1.165, 1.54) is 4.90 Å². The number of anilines is 2. The Labute approximate surface area is 292 Å². The maximum absolute atomic E-state index is 17.1. The number of urea groups is 1. The van der Waals surface area contributed by atoms with Gasteiger partial charge in [-0.1, -0.05) is 6.07 Å². The summed E-state index contributed by atoms with van der Waals surface area (Å²) >= 11 is 0.682. The molecule has 0 aliphatic carbocycles. The minimum absolute atomic E-state index is 0.00339. The molecule has 0 unspecified atom stereocenters. The largest absolute Gasteiger partial charge is 0.461 e. The summed E-state index contributed by atoms with van der Waals surface area (Å²) in [5, 5.41) is 9.24. The molecule has 0 spiro atoms. The number of thiophene rings is 1. The molecule has 268 valence electrons. The van der Waals surface area contributed by atoms with Gasteiger partial charge in [0.1, 0.15) is 41.0 Å². The average Bonchev–Trinajstić information content (AvgIpc) is 3.79. The predicted octanol–water partition coefficient (Wildman–Crippen LogP) is 6.16. The van der Waals surface area contributed by atoms with Crippen molar-refractivity contribution in [3.63, 3.8) is 0 Å². The summed E-state index contributed by atoms with van der Waals surface area (Å²) in [5.74, 6) is -2.19. The monoisotopic (exact) mass is 730 g/mol. The lowest BCUT2D eigenvalue weighted by Gasteiger charge is -2.48. The molecule has 8 rings (SSSR count). The number of benzene rings is 2. The summed E-state index contributed by atoms with van der Waals surface area (Å²) in [6.45, 7) is 1.57. The van der Waals surface area contributed by atoms with E-state index in [2.05, 4.69) is 9.97 Å². The number of rotatable bonds is 5. The molecule has 4 fully saturated rings. The number of ether oxygens (including phenoxy) is 1. The SMILES string of the molecule is CN(C)C(=O)N1CC[C@H]2[C@@H]1CN2c1nc(OC[C@@]23CCCN2C[C@H](F)C3)nc2c(F)c(-c3ccc(F)c4sc(N)c(C#N)c34)c(C(F)(F)F)cc12. The number of hydrogen-bond acceptors (Lipinski definition) is 9. The highest BCUT2D eigenvalue weighted by Crippen LogP contribution is 2.49. The number of nitrogens with zero attached hydrogens (tertiary/aromatic N) is 7. The second-order valence-corrected chi connectivity index (χ2v) is 15.0. The summed E-state index contributed by atoms with van der Waals surface area (Å²) in [7, 11) is 3.26. The first-order valence-corrected chi connectivity index (χ1v) is 17.3. The zero-order valence-electron chi connectivity index (χ0n) is 27.5. The minimum Gasteiger partial charge on any atom is -0.461 e. The van der Waals surface area contributed by atoms with Gasteiger partial charge in [0.15, 0.2) is 5.82 Å². The summed E-state index contributed by atoms with van der Waals surface area (Å²) in [6.07, 6.45) is -3.92. The molecule has 17 heteroatoms. The topological polar surface area (TPSA) is 115 Å². The van der Waals surface area contributed by atoms with Gasteiger partial charge in [-0.2, -0.15) is 28.4 Å². The van der Waals surface area contributed by atoms with Crippen molar-refractivity contribution in [3.05, 3.63) is 41.0 Å². The Balaban J connectivity index is 1.31. The zero-order chi connectivity index (χ0) is 36.1. The Kier molecular flexibility index (Phi) is 7.73. The lowest BCUT2D eigenvalue weighted by Crippen LogP contribution is -2.64. The maximum Gasteiger partial charge on any atom is 0.417 e. The van der Waals surface area contributed by atoms with Crippen molar-refractivity contribution in [3.8, 4) is 23.2 Å². The number of aromatic nitrogens is 2. The smallest absolute Gasteiger partial charge is 0.417 e. The molecule has 51 heavy (non-hydrogen) atoms. The Morgan fingerprint density at radius 3 is 2.71 bits per heavy atom. The molecular weight excluding hydrogens is 698 g/mol. The van der Waals surface area contributed by atoms with E-state index in [0.717, 1.165) is 24.6 Å². The number of amides is 2. The van der Waals surface area contributed by atoms with Crippen LogP contribution in [0.15, 0.2) is 18.2 Å². The van der Waals surface area contributed by atoms with Gasteiger partial charge in [-0.05, 0) is 43.5 Å². The van der Waals surface area contributed by atoms with Crippen LogP contribution in [0.5, 0.6) is 6.01 Å². The number of hydrogen-bond donors (Lipinski definition) is 1. The summed E-state index contributed by atoms with van der Waals surface area (Å²) < 4.78 is 97.5. The number of likely N-dealkylation sites (tertiary alicyclic amines) is 1. The molecule has 2 aromatic carbocycles. The number of carbonyl (C=O) groups excluding carboxylic acids is 1. The van der Waals surface area contributed by atoms with E-state index < -0.39 is 46.2 Å². The van der Waals surface area contributed by atoms with Crippen molar-refractivity contribution in [1.82, 2.24) is 24.7 Å². The van der Waals surface area contributed by atoms with Crippen molar-refractivity contribution >= 4 is 49.2 Å². The van der Waals surface area contributed by atoms with E-state index in [1.807, 2.05) is 11.0 Å². The summed E-state index contributed by atoms with van der Waals surface area (Å²) in [6, 6.07) is 3.45. The number of alkyl halides is 4. The van der Waals surface area contributed by atoms with Crippen LogP contribution >= 0.6 is 11.3 Å². The first-order valence-electron chi connectivity index (χ1n) is 16.5. The van der Waals surface area contributed by atoms with Crippen molar-refractivity contribution in [2.45, 2.75) is 55.7 Å². The van der Waals surface area contributed by atoms with E-state index in [0.29, 0.717) is 37.3 Å². The summed E-state index contributed by atoms with van der Waals surface area (Å²) in [5.41, 5.74) is 1.93. The fourth-order valence-electron chi connectivity index (χ4n) is 8.48. The molecular formula is C34H32F6N8O2S. The first-order chi connectivity index (χ1) is 24.2. The van der Waals surface area contributed by atoms with Crippen molar-refractivity contribution in [2.75, 3.05) is 57.5 Å². The van der Waals surface area contributed by atoms with Crippen LogP contribution in [0.2, 0.25) is 0 Å². The number of fused-ring (bicyclic) bond motifs is 4. The van der Waals surface area contributed by atoms with E-state index in [-0.39, 0.29) is 87.7 Å². The quantitative estimate of drug-likeness (QED) is 0.243. The molecule has 0 saturated carbocycles. The Morgan fingerprint density at radius 1 is 1.20 bits per heavy atom. The van der Waals surface area contributed by atoms with E-state index in [1.54, 1.807) is 23.9 Å². The third kappa shape index (κ3) is 5.12. The standard InChI is InChI=1S/C34H32F6N8O2S/c1-45(2)32(49)47-9-6-22-23(47)14-48(22)30-18-10-20(34(38,39)40)25(17-4-5-21(36)28-24(17)19(12-41)29(42)51-28)26(37)27(18)43-31(44-30)50-15-33-7-3-8-46(33)13-16(35)11-33/h4-5,10,16,22-23H,3,6-9,11,13-15,42H2,1-2H3/t16-,22+,23+,33+/m1/s1. The Morgan fingerprint density at radius 2 is 1.98 bits per heavy atom. The summed E-state index contributed by atoms with van der Waals surface area (Å²) in [4.78, 5) is 28.6. The number of nitrogen functional groups attached to an aromatic ring is 1. The van der Waals surface area contributed by atoms with Crippen LogP contribution in [0.25, 0.3) is 32.1 Å². The predicted molar refractivity (Wildman–Crippen MR) is 178 cm³/mol. The number of halogens is 6. The molecule has 2 N–H and O–H groups in total. The molecule has 10 nitrogen and oxygen atoms in total. The third-order valence-corrected chi connectivity index (χ3v) is 11.8. The van der Waals surface area contributed by atoms with Gasteiger partial charge >= 0.3 is 18.2 Å². The van der Waals surface area contributed by atoms with Crippen LogP contribution in [0.1, 0.15) is 36.8 Å². The van der Waals surface area contributed by atoms with Gasteiger partial charge in [0, 0.05) is 56.5 Å². The Hall–Kier alpha value is -4.56. The van der Waals surface area contributed by atoms with Gasteiger partial charge in [-0.3, -0.25) is 4.90 Å². The van der Waals surface area contributed by atoms with E-state index in [4.69, 9.17) is 10.5 Å². The molecule has 4 saturated heterocycles. The van der Waals surface area contributed by atoms with Crippen LogP contribution < -0.4 is 15.4 Å². The molecule has 2 aromatic heterocycles. The van der Waals surface area contributed by atoms with Crippen LogP contribution in [-0.4, -0.2) is 101 Å². The van der Waals surface area contributed by atoms with Crippen LogP contribution in [0.4, 0.5) is 42.0 Å². The fraction of sp³-hybridized carbons (Fsp3) is 0.471. The van der Waals surface area contributed by atoms with Crippen molar-refractivity contribution in [2.24, 2.45) is 0 Å².